The Hall–Kier alpha value is -1.51. The third kappa shape index (κ3) is 1.78. The van der Waals surface area contributed by atoms with E-state index in [0.717, 1.165) is 24.2 Å². The summed E-state index contributed by atoms with van der Waals surface area (Å²) >= 11 is 6.30. The minimum absolute atomic E-state index is 0.00849. The summed E-state index contributed by atoms with van der Waals surface area (Å²) in [6, 6.07) is 14.0. The highest BCUT2D eigenvalue weighted by atomic mass is 35.5. The van der Waals surface area contributed by atoms with Gasteiger partial charge in [0.2, 0.25) is 0 Å². The van der Waals surface area contributed by atoms with E-state index in [1.165, 1.54) is 11.3 Å². The van der Waals surface area contributed by atoms with Gasteiger partial charge in [0.15, 0.2) is 0 Å². The fraction of sp³-hybridized carbons (Fsp3) is 0.200. The molecule has 0 radical (unpaired) electrons. The van der Waals surface area contributed by atoms with Crippen LogP contribution in [0.3, 0.4) is 0 Å². The van der Waals surface area contributed by atoms with Gasteiger partial charge in [0.05, 0.1) is 17.3 Å². The lowest BCUT2D eigenvalue weighted by atomic mass is 10.1. The molecule has 1 heterocycles. The number of hydrogen-bond donors (Lipinski definition) is 1. The largest absolute Gasteiger partial charge is 0.392 e. The highest BCUT2D eigenvalue weighted by Crippen LogP contribution is 2.40. The number of anilines is 2. The molecular weight excluding hydrogens is 246 g/mol. The second-order valence-electron chi connectivity index (χ2n) is 4.44. The molecular formula is C15H14ClNO. The Kier molecular flexibility index (Phi) is 2.98. The first-order chi connectivity index (χ1) is 8.81. The molecule has 2 nitrogen and oxygen atoms in total. The molecule has 0 atom stereocenters. The van der Waals surface area contributed by atoms with Crippen molar-refractivity contribution in [1.82, 2.24) is 0 Å². The van der Waals surface area contributed by atoms with Crippen LogP contribution in [0.1, 0.15) is 11.1 Å². The Morgan fingerprint density at radius 2 is 1.94 bits per heavy atom. The quantitative estimate of drug-likeness (QED) is 0.892. The lowest BCUT2D eigenvalue weighted by Gasteiger charge is -2.23. The van der Waals surface area contributed by atoms with Crippen LogP contribution in [0.5, 0.6) is 0 Å². The van der Waals surface area contributed by atoms with Crippen molar-refractivity contribution in [1.29, 1.82) is 0 Å². The Bertz CT molecular complexity index is 582. The van der Waals surface area contributed by atoms with Crippen LogP contribution in [0.25, 0.3) is 0 Å². The van der Waals surface area contributed by atoms with Gasteiger partial charge in [-0.1, -0.05) is 41.9 Å². The summed E-state index contributed by atoms with van der Waals surface area (Å²) in [5.41, 5.74) is 4.34. The Labute approximate surface area is 111 Å². The van der Waals surface area contributed by atoms with Gasteiger partial charge in [-0.3, -0.25) is 0 Å². The van der Waals surface area contributed by atoms with E-state index in [0.29, 0.717) is 5.02 Å². The monoisotopic (exact) mass is 259 g/mol. The van der Waals surface area contributed by atoms with Crippen LogP contribution < -0.4 is 4.90 Å². The van der Waals surface area contributed by atoms with Gasteiger partial charge in [0.1, 0.15) is 0 Å². The smallest absolute Gasteiger partial charge is 0.0702 e. The summed E-state index contributed by atoms with van der Waals surface area (Å²) in [5, 5.41) is 10.2. The van der Waals surface area contributed by atoms with Crippen LogP contribution in [-0.4, -0.2) is 11.7 Å². The molecule has 0 spiro atoms. The molecule has 1 aliphatic rings. The molecule has 0 fully saturated rings. The first-order valence-electron chi connectivity index (χ1n) is 6.05. The molecule has 1 N–H and O–H groups in total. The van der Waals surface area contributed by atoms with Crippen molar-refractivity contribution in [2.24, 2.45) is 0 Å². The van der Waals surface area contributed by atoms with Gasteiger partial charge in [-0.25, -0.2) is 0 Å². The van der Waals surface area contributed by atoms with Crippen molar-refractivity contribution in [3.05, 3.63) is 58.6 Å². The van der Waals surface area contributed by atoms with Gasteiger partial charge < -0.3 is 10.0 Å². The van der Waals surface area contributed by atoms with E-state index in [4.69, 9.17) is 11.6 Å². The molecule has 0 amide bonds. The summed E-state index contributed by atoms with van der Waals surface area (Å²) in [7, 11) is 0. The van der Waals surface area contributed by atoms with Crippen LogP contribution in [0, 0.1) is 0 Å². The van der Waals surface area contributed by atoms with Crippen LogP contribution in [0.2, 0.25) is 5.02 Å². The van der Waals surface area contributed by atoms with Gasteiger partial charge in [0, 0.05) is 17.8 Å². The Morgan fingerprint density at radius 1 is 1.11 bits per heavy atom. The fourth-order valence-corrected chi connectivity index (χ4v) is 2.86. The van der Waals surface area contributed by atoms with E-state index in [1.807, 2.05) is 24.3 Å². The Morgan fingerprint density at radius 3 is 2.78 bits per heavy atom. The van der Waals surface area contributed by atoms with E-state index in [1.54, 1.807) is 0 Å². The van der Waals surface area contributed by atoms with Gasteiger partial charge >= 0.3 is 0 Å². The predicted molar refractivity (Wildman–Crippen MR) is 74.5 cm³/mol. The van der Waals surface area contributed by atoms with Gasteiger partial charge in [-0.2, -0.15) is 0 Å². The van der Waals surface area contributed by atoms with Crippen molar-refractivity contribution in [3.8, 4) is 0 Å². The Balaban J connectivity index is 2.13. The summed E-state index contributed by atoms with van der Waals surface area (Å²) in [4.78, 5) is 2.20. The number of aliphatic hydroxyl groups is 1. The number of aliphatic hydroxyl groups excluding tert-OH is 1. The molecule has 0 saturated carbocycles. The first kappa shape index (κ1) is 11.6. The number of halogens is 1. The zero-order valence-electron chi connectivity index (χ0n) is 9.94. The van der Waals surface area contributed by atoms with Crippen molar-refractivity contribution >= 4 is 23.0 Å². The average Bonchev–Trinajstić information content (AvgIpc) is 2.82. The number of hydrogen-bond acceptors (Lipinski definition) is 2. The summed E-state index contributed by atoms with van der Waals surface area (Å²) in [6.07, 6.45) is 1.02. The molecule has 2 aromatic rings. The molecule has 2 aromatic carbocycles. The lowest BCUT2D eigenvalue weighted by molar-refractivity contribution is 0.282. The minimum atomic E-state index is 0.00849. The van der Waals surface area contributed by atoms with Gasteiger partial charge in [-0.05, 0) is 24.1 Å². The second-order valence-corrected chi connectivity index (χ2v) is 4.84. The van der Waals surface area contributed by atoms with E-state index in [9.17, 15) is 5.11 Å². The average molecular weight is 260 g/mol. The first-order valence-corrected chi connectivity index (χ1v) is 6.43. The highest BCUT2D eigenvalue weighted by molar-refractivity contribution is 6.33. The van der Waals surface area contributed by atoms with E-state index in [2.05, 4.69) is 23.1 Å². The van der Waals surface area contributed by atoms with Crippen molar-refractivity contribution in [3.63, 3.8) is 0 Å². The maximum absolute atomic E-state index is 9.47. The lowest BCUT2D eigenvalue weighted by Crippen LogP contribution is -2.15. The van der Waals surface area contributed by atoms with Gasteiger partial charge in [-0.15, -0.1) is 0 Å². The topological polar surface area (TPSA) is 23.5 Å². The summed E-state index contributed by atoms with van der Waals surface area (Å²) < 4.78 is 0. The number of nitrogens with zero attached hydrogens (tertiary/aromatic N) is 1. The third-order valence-electron chi connectivity index (χ3n) is 3.40. The molecule has 92 valence electrons. The summed E-state index contributed by atoms with van der Waals surface area (Å²) in [6.45, 7) is 0.921. The SMILES string of the molecule is OCc1cccc(Cl)c1N1CCc2ccccc21. The van der Waals surface area contributed by atoms with Crippen LogP contribution in [0.15, 0.2) is 42.5 Å². The van der Waals surface area contributed by atoms with E-state index >= 15 is 0 Å². The molecule has 0 bridgehead atoms. The molecule has 3 rings (SSSR count). The third-order valence-corrected chi connectivity index (χ3v) is 3.70. The molecule has 0 aliphatic carbocycles. The molecule has 3 heteroatoms. The molecule has 0 aromatic heterocycles. The zero-order chi connectivity index (χ0) is 12.5. The predicted octanol–water partition coefficient (Wildman–Crippen LogP) is 3.53. The number of fused-ring (bicyclic) bond motifs is 1. The summed E-state index contributed by atoms with van der Waals surface area (Å²) in [5.74, 6) is 0. The van der Waals surface area contributed by atoms with Crippen LogP contribution in [-0.2, 0) is 13.0 Å². The number of benzene rings is 2. The molecule has 0 saturated heterocycles. The van der Waals surface area contributed by atoms with Crippen LogP contribution >= 0.6 is 11.6 Å². The highest BCUT2D eigenvalue weighted by Gasteiger charge is 2.23. The normalized spacial score (nSPS) is 13.8. The number of para-hydroxylation sites is 2. The van der Waals surface area contributed by atoms with E-state index < -0.39 is 0 Å². The molecule has 1 aliphatic heterocycles. The fourth-order valence-electron chi connectivity index (χ4n) is 2.56. The van der Waals surface area contributed by atoms with Crippen molar-refractivity contribution in [2.75, 3.05) is 11.4 Å². The molecule has 0 unspecified atom stereocenters. The maximum Gasteiger partial charge on any atom is 0.0702 e. The standard InChI is InChI=1S/C15H14ClNO/c16-13-6-3-5-12(10-18)15(13)17-9-8-11-4-1-2-7-14(11)17/h1-7,18H,8-10H2. The second kappa shape index (κ2) is 4.63. The van der Waals surface area contributed by atoms with Gasteiger partial charge in [0.25, 0.3) is 0 Å². The van der Waals surface area contributed by atoms with Crippen LogP contribution in [0.4, 0.5) is 11.4 Å². The minimum Gasteiger partial charge on any atom is -0.392 e. The maximum atomic E-state index is 9.47. The molecule has 18 heavy (non-hydrogen) atoms. The van der Waals surface area contributed by atoms with E-state index in [-0.39, 0.29) is 6.61 Å². The number of rotatable bonds is 2. The van der Waals surface area contributed by atoms with Crippen molar-refractivity contribution in [2.45, 2.75) is 13.0 Å². The zero-order valence-corrected chi connectivity index (χ0v) is 10.7. The van der Waals surface area contributed by atoms with Crippen molar-refractivity contribution < 1.29 is 5.11 Å².